The fourth-order valence-corrected chi connectivity index (χ4v) is 2.62. The highest BCUT2D eigenvalue weighted by atomic mass is 79.9. The first-order valence-corrected chi connectivity index (χ1v) is 7.07. The smallest absolute Gasteiger partial charge is 0.174 e. The number of pyridine rings is 1. The number of hydrogen-bond acceptors (Lipinski definition) is 4. The normalized spacial score (nSPS) is 10.2. The van der Waals surface area contributed by atoms with Crippen molar-refractivity contribution in [1.29, 1.82) is 0 Å². The molecule has 106 valence electrons. The molecule has 0 saturated heterocycles. The maximum atomic E-state index is 5.84. The van der Waals surface area contributed by atoms with Crippen molar-refractivity contribution in [3.05, 3.63) is 45.7 Å². The molecular formula is C14H14BrClN2O2. The van der Waals surface area contributed by atoms with Crippen LogP contribution in [-0.2, 0) is 6.54 Å². The Balaban J connectivity index is 2.16. The van der Waals surface area contributed by atoms with E-state index in [1.807, 2.05) is 18.2 Å². The molecule has 0 unspecified atom stereocenters. The predicted octanol–water partition coefficient (Wildman–Crippen LogP) is 4.13. The molecular weight excluding hydrogens is 344 g/mol. The van der Waals surface area contributed by atoms with E-state index in [2.05, 4.69) is 26.2 Å². The average molecular weight is 358 g/mol. The Kier molecular flexibility index (Phi) is 5.09. The van der Waals surface area contributed by atoms with Crippen LogP contribution in [0.4, 0.5) is 5.69 Å². The summed E-state index contributed by atoms with van der Waals surface area (Å²) >= 11 is 9.32. The predicted molar refractivity (Wildman–Crippen MR) is 83.8 cm³/mol. The molecule has 0 radical (unpaired) electrons. The van der Waals surface area contributed by atoms with Crippen molar-refractivity contribution in [2.45, 2.75) is 6.54 Å². The van der Waals surface area contributed by atoms with Crippen molar-refractivity contribution in [3.63, 3.8) is 0 Å². The van der Waals surface area contributed by atoms with Crippen LogP contribution in [0.1, 0.15) is 5.56 Å². The van der Waals surface area contributed by atoms with Gasteiger partial charge in [-0.1, -0.05) is 11.6 Å². The van der Waals surface area contributed by atoms with E-state index in [1.54, 1.807) is 26.5 Å². The summed E-state index contributed by atoms with van der Waals surface area (Å²) in [4.78, 5) is 3.94. The molecule has 1 heterocycles. The standard InChI is InChI=1S/C14H14BrClN2O2/c1-19-12-6-9(5-11(15)14(12)20-2)8-18-10-3-4-17-13(16)7-10/h3-7H,8H2,1-2H3,(H,17,18). The van der Waals surface area contributed by atoms with E-state index in [0.717, 1.165) is 15.7 Å². The van der Waals surface area contributed by atoms with Crippen molar-refractivity contribution in [3.8, 4) is 11.5 Å². The van der Waals surface area contributed by atoms with Crippen molar-refractivity contribution < 1.29 is 9.47 Å². The summed E-state index contributed by atoms with van der Waals surface area (Å²) in [6, 6.07) is 7.55. The van der Waals surface area contributed by atoms with Crippen LogP contribution in [0.5, 0.6) is 11.5 Å². The molecule has 0 amide bonds. The third-order valence-electron chi connectivity index (χ3n) is 2.72. The number of anilines is 1. The van der Waals surface area contributed by atoms with Gasteiger partial charge in [0.25, 0.3) is 0 Å². The molecule has 4 nitrogen and oxygen atoms in total. The Morgan fingerprint density at radius 2 is 2.05 bits per heavy atom. The fourth-order valence-electron chi connectivity index (χ4n) is 1.79. The van der Waals surface area contributed by atoms with E-state index >= 15 is 0 Å². The van der Waals surface area contributed by atoms with E-state index in [9.17, 15) is 0 Å². The molecule has 0 aliphatic carbocycles. The van der Waals surface area contributed by atoms with Crippen LogP contribution in [0, 0.1) is 0 Å². The van der Waals surface area contributed by atoms with Crippen LogP contribution in [-0.4, -0.2) is 19.2 Å². The molecule has 20 heavy (non-hydrogen) atoms. The second-order valence-corrected chi connectivity index (χ2v) is 5.28. The van der Waals surface area contributed by atoms with Crippen LogP contribution in [0.25, 0.3) is 0 Å². The second kappa shape index (κ2) is 6.81. The minimum Gasteiger partial charge on any atom is -0.493 e. The van der Waals surface area contributed by atoms with Crippen molar-refractivity contribution in [2.24, 2.45) is 0 Å². The number of hydrogen-bond donors (Lipinski definition) is 1. The summed E-state index contributed by atoms with van der Waals surface area (Å²) < 4.78 is 11.4. The molecule has 0 fully saturated rings. The number of ether oxygens (including phenoxy) is 2. The van der Waals surface area contributed by atoms with E-state index in [-0.39, 0.29) is 0 Å². The summed E-state index contributed by atoms with van der Waals surface area (Å²) in [5, 5.41) is 3.74. The lowest BCUT2D eigenvalue weighted by Gasteiger charge is -2.13. The van der Waals surface area contributed by atoms with Gasteiger partial charge in [0.2, 0.25) is 0 Å². The van der Waals surface area contributed by atoms with Gasteiger partial charge in [-0.2, -0.15) is 0 Å². The lowest BCUT2D eigenvalue weighted by molar-refractivity contribution is 0.352. The minimum atomic E-state index is 0.462. The summed E-state index contributed by atoms with van der Waals surface area (Å²) in [5.74, 6) is 1.37. The van der Waals surface area contributed by atoms with Crippen LogP contribution in [0.3, 0.4) is 0 Å². The molecule has 0 saturated carbocycles. The zero-order valence-electron chi connectivity index (χ0n) is 11.1. The van der Waals surface area contributed by atoms with E-state index < -0.39 is 0 Å². The Bertz CT molecular complexity index is 608. The molecule has 1 aromatic carbocycles. The van der Waals surface area contributed by atoms with Crippen LogP contribution in [0.15, 0.2) is 34.9 Å². The Morgan fingerprint density at radius 1 is 1.25 bits per heavy atom. The van der Waals surface area contributed by atoms with Gasteiger partial charge in [0.1, 0.15) is 5.15 Å². The molecule has 0 aliphatic heterocycles. The average Bonchev–Trinajstić information content (AvgIpc) is 2.44. The first-order chi connectivity index (χ1) is 9.63. The summed E-state index contributed by atoms with van der Waals surface area (Å²) in [5.41, 5.74) is 1.97. The molecule has 6 heteroatoms. The first kappa shape index (κ1) is 14.9. The molecule has 1 aromatic heterocycles. The highest BCUT2D eigenvalue weighted by Gasteiger charge is 2.10. The third-order valence-corrected chi connectivity index (χ3v) is 3.51. The van der Waals surface area contributed by atoms with Gasteiger partial charge in [0, 0.05) is 18.4 Å². The van der Waals surface area contributed by atoms with Gasteiger partial charge in [-0.3, -0.25) is 0 Å². The minimum absolute atomic E-state index is 0.462. The lowest BCUT2D eigenvalue weighted by atomic mass is 10.2. The molecule has 2 aromatic rings. The van der Waals surface area contributed by atoms with E-state index in [0.29, 0.717) is 23.2 Å². The number of nitrogens with one attached hydrogen (secondary N) is 1. The van der Waals surface area contributed by atoms with Crippen LogP contribution >= 0.6 is 27.5 Å². The molecule has 0 bridgehead atoms. The second-order valence-electron chi connectivity index (χ2n) is 4.03. The molecule has 0 aliphatic rings. The van der Waals surface area contributed by atoms with Crippen LogP contribution in [0.2, 0.25) is 5.15 Å². The highest BCUT2D eigenvalue weighted by Crippen LogP contribution is 2.36. The van der Waals surface area contributed by atoms with Crippen molar-refractivity contribution in [1.82, 2.24) is 4.98 Å². The fraction of sp³-hybridized carbons (Fsp3) is 0.214. The van der Waals surface area contributed by atoms with Crippen LogP contribution < -0.4 is 14.8 Å². The zero-order chi connectivity index (χ0) is 14.5. The van der Waals surface area contributed by atoms with Gasteiger partial charge < -0.3 is 14.8 Å². The molecule has 2 rings (SSSR count). The SMILES string of the molecule is COc1cc(CNc2ccnc(Cl)c2)cc(Br)c1OC. The highest BCUT2D eigenvalue weighted by molar-refractivity contribution is 9.10. The number of benzene rings is 1. The monoisotopic (exact) mass is 356 g/mol. The molecule has 0 atom stereocenters. The third kappa shape index (κ3) is 3.55. The maximum absolute atomic E-state index is 5.84. The molecule has 0 spiro atoms. The quantitative estimate of drug-likeness (QED) is 0.817. The summed E-state index contributed by atoms with van der Waals surface area (Å²) in [6.07, 6.45) is 1.66. The van der Waals surface area contributed by atoms with Gasteiger partial charge in [-0.15, -0.1) is 0 Å². The van der Waals surface area contributed by atoms with Gasteiger partial charge in [-0.25, -0.2) is 4.98 Å². The van der Waals surface area contributed by atoms with Gasteiger partial charge in [0.15, 0.2) is 11.5 Å². The first-order valence-electron chi connectivity index (χ1n) is 5.90. The molecule has 1 N–H and O–H groups in total. The van der Waals surface area contributed by atoms with Gasteiger partial charge in [-0.05, 0) is 45.8 Å². The Labute approximate surface area is 131 Å². The van der Waals surface area contributed by atoms with Crippen molar-refractivity contribution in [2.75, 3.05) is 19.5 Å². The van der Waals surface area contributed by atoms with Gasteiger partial charge >= 0.3 is 0 Å². The maximum Gasteiger partial charge on any atom is 0.174 e. The number of methoxy groups -OCH3 is 2. The van der Waals surface area contributed by atoms with E-state index in [1.165, 1.54) is 0 Å². The largest absolute Gasteiger partial charge is 0.493 e. The van der Waals surface area contributed by atoms with Gasteiger partial charge in [0.05, 0.1) is 18.7 Å². The summed E-state index contributed by atoms with van der Waals surface area (Å²) in [6.45, 7) is 0.638. The van der Waals surface area contributed by atoms with E-state index in [4.69, 9.17) is 21.1 Å². The zero-order valence-corrected chi connectivity index (χ0v) is 13.5. The topological polar surface area (TPSA) is 43.4 Å². The summed E-state index contributed by atoms with van der Waals surface area (Å²) in [7, 11) is 3.23. The number of aromatic nitrogens is 1. The number of halogens is 2. The Hall–Kier alpha value is -1.46. The van der Waals surface area contributed by atoms with Crippen molar-refractivity contribution >= 4 is 33.2 Å². The lowest BCUT2D eigenvalue weighted by Crippen LogP contribution is -2.01. The Morgan fingerprint density at radius 3 is 2.70 bits per heavy atom. The number of nitrogens with zero attached hydrogens (tertiary/aromatic N) is 1. The number of rotatable bonds is 5.